The van der Waals surface area contributed by atoms with Crippen LogP contribution < -0.4 is 5.73 Å². The summed E-state index contributed by atoms with van der Waals surface area (Å²) in [5.74, 6) is 0.154. The summed E-state index contributed by atoms with van der Waals surface area (Å²) < 4.78 is 5.25. The molecular weight excluding hydrogens is 216 g/mol. The van der Waals surface area contributed by atoms with Crippen LogP contribution in [0.2, 0.25) is 0 Å². The van der Waals surface area contributed by atoms with E-state index < -0.39 is 0 Å². The highest BCUT2D eigenvalue weighted by atomic mass is 35.5. The fourth-order valence-corrected chi connectivity index (χ4v) is 1.76. The molecule has 90 valence electrons. The van der Waals surface area contributed by atoms with E-state index in [1.54, 1.807) is 7.11 Å². The summed E-state index contributed by atoms with van der Waals surface area (Å²) in [6, 6.07) is -0.0505. The number of carbonyl (C=O) groups excluding carboxylic acids is 1. The van der Waals surface area contributed by atoms with Crippen molar-refractivity contribution in [2.75, 3.05) is 20.2 Å². The summed E-state index contributed by atoms with van der Waals surface area (Å²) in [6.45, 7) is 3.43. The highest BCUT2D eigenvalue weighted by Crippen LogP contribution is 2.13. The second kappa shape index (κ2) is 7.04. The van der Waals surface area contributed by atoms with Crippen molar-refractivity contribution in [1.29, 1.82) is 0 Å². The van der Waals surface area contributed by atoms with Crippen LogP contribution in [-0.4, -0.2) is 43.2 Å². The van der Waals surface area contributed by atoms with E-state index in [0.717, 1.165) is 25.9 Å². The molecule has 4 nitrogen and oxygen atoms in total. The molecule has 2 unspecified atom stereocenters. The molecule has 1 saturated heterocycles. The molecule has 5 heteroatoms. The van der Waals surface area contributed by atoms with Gasteiger partial charge in [-0.05, 0) is 19.8 Å². The lowest BCUT2D eigenvalue weighted by Crippen LogP contribution is -2.44. The van der Waals surface area contributed by atoms with Gasteiger partial charge in [-0.1, -0.05) is 0 Å². The smallest absolute Gasteiger partial charge is 0.224 e. The highest BCUT2D eigenvalue weighted by Gasteiger charge is 2.23. The van der Waals surface area contributed by atoms with E-state index in [1.807, 2.05) is 11.8 Å². The molecule has 15 heavy (non-hydrogen) atoms. The number of carbonyl (C=O) groups is 1. The molecule has 0 saturated carbocycles. The summed E-state index contributed by atoms with van der Waals surface area (Å²) in [5.41, 5.74) is 5.59. The third kappa shape index (κ3) is 4.82. The maximum Gasteiger partial charge on any atom is 0.224 e. The average Bonchev–Trinajstić information content (AvgIpc) is 2.17. The largest absolute Gasteiger partial charge is 0.380 e. The predicted molar refractivity (Wildman–Crippen MR) is 62.1 cm³/mol. The van der Waals surface area contributed by atoms with Gasteiger partial charge in [0.1, 0.15) is 0 Å². The number of ether oxygens (including phenoxy) is 1. The number of hydrogen-bond acceptors (Lipinski definition) is 3. The molecule has 1 amide bonds. The summed E-state index contributed by atoms with van der Waals surface area (Å²) in [7, 11) is 1.70. The second-order valence-corrected chi connectivity index (χ2v) is 4.02. The van der Waals surface area contributed by atoms with Crippen LogP contribution in [0.3, 0.4) is 0 Å². The van der Waals surface area contributed by atoms with Crippen molar-refractivity contribution in [3.63, 3.8) is 0 Å². The van der Waals surface area contributed by atoms with Gasteiger partial charge in [-0.25, -0.2) is 0 Å². The third-order valence-electron chi connectivity index (χ3n) is 2.56. The number of rotatable bonds is 3. The highest BCUT2D eigenvalue weighted by molar-refractivity contribution is 5.85. The zero-order valence-electron chi connectivity index (χ0n) is 9.44. The monoisotopic (exact) mass is 236 g/mol. The number of piperidine rings is 1. The van der Waals surface area contributed by atoms with Gasteiger partial charge in [0.2, 0.25) is 5.91 Å². The van der Waals surface area contributed by atoms with E-state index in [9.17, 15) is 4.79 Å². The van der Waals surface area contributed by atoms with E-state index in [4.69, 9.17) is 10.5 Å². The number of amides is 1. The lowest BCUT2D eigenvalue weighted by atomic mass is 10.1. The molecule has 1 heterocycles. The first-order valence-corrected chi connectivity index (χ1v) is 5.19. The maximum absolute atomic E-state index is 11.7. The van der Waals surface area contributed by atoms with Crippen molar-refractivity contribution in [1.82, 2.24) is 4.90 Å². The van der Waals surface area contributed by atoms with Crippen LogP contribution in [0.1, 0.15) is 26.2 Å². The van der Waals surface area contributed by atoms with Crippen LogP contribution in [0.15, 0.2) is 0 Å². The van der Waals surface area contributed by atoms with Crippen LogP contribution >= 0.6 is 12.4 Å². The van der Waals surface area contributed by atoms with E-state index in [2.05, 4.69) is 0 Å². The Morgan fingerprint density at radius 3 is 2.87 bits per heavy atom. The summed E-state index contributed by atoms with van der Waals surface area (Å²) >= 11 is 0. The molecule has 1 aliphatic rings. The van der Waals surface area contributed by atoms with E-state index in [0.29, 0.717) is 6.42 Å². The van der Waals surface area contributed by atoms with Gasteiger partial charge in [0, 0.05) is 32.7 Å². The minimum atomic E-state index is -0.0505. The second-order valence-electron chi connectivity index (χ2n) is 4.02. The van der Waals surface area contributed by atoms with Gasteiger partial charge in [0.15, 0.2) is 0 Å². The molecule has 0 bridgehead atoms. The lowest BCUT2D eigenvalue weighted by Gasteiger charge is -2.32. The van der Waals surface area contributed by atoms with E-state index >= 15 is 0 Å². The molecule has 0 aromatic carbocycles. The van der Waals surface area contributed by atoms with Gasteiger partial charge >= 0.3 is 0 Å². The predicted octanol–water partition coefficient (Wildman–Crippen LogP) is 0.783. The Hall–Kier alpha value is -0.320. The number of hydrogen-bond donors (Lipinski definition) is 1. The van der Waals surface area contributed by atoms with Gasteiger partial charge < -0.3 is 15.4 Å². The fourth-order valence-electron chi connectivity index (χ4n) is 1.76. The molecule has 2 atom stereocenters. The number of nitrogens with two attached hydrogens (primary N) is 1. The van der Waals surface area contributed by atoms with Crippen molar-refractivity contribution in [2.24, 2.45) is 5.73 Å². The van der Waals surface area contributed by atoms with Crippen LogP contribution in [0.4, 0.5) is 0 Å². The zero-order chi connectivity index (χ0) is 10.6. The van der Waals surface area contributed by atoms with Crippen molar-refractivity contribution in [3.05, 3.63) is 0 Å². The van der Waals surface area contributed by atoms with Crippen LogP contribution in [0.5, 0.6) is 0 Å². The molecule has 1 aliphatic heterocycles. The standard InChI is InChI=1S/C10H20N2O2.ClH/c1-8(11)6-10(13)12-5-3-4-9(7-12)14-2;/h8-9H,3-7,11H2,1-2H3;1H. The van der Waals surface area contributed by atoms with Crippen molar-refractivity contribution in [3.8, 4) is 0 Å². The number of nitrogens with zero attached hydrogens (tertiary/aromatic N) is 1. The Morgan fingerprint density at radius 2 is 2.33 bits per heavy atom. The summed E-state index contributed by atoms with van der Waals surface area (Å²) in [4.78, 5) is 13.5. The molecule has 0 spiro atoms. The van der Waals surface area contributed by atoms with Crippen LogP contribution in [0.25, 0.3) is 0 Å². The SMILES string of the molecule is COC1CCCN(C(=O)CC(C)N)C1.Cl. The number of likely N-dealkylation sites (tertiary alicyclic amines) is 1. The topological polar surface area (TPSA) is 55.6 Å². The Bertz CT molecular complexity index is 200. The Kier molecular flexibility index (Phi) is 6.89. The minimum absolute atomic E-state index is 0. The zero-order valence-corrected chi connectivity index (χ0v) is 10.3. The molecular formula is C10H21ClN2O2. The lowest BCUT2D eigenvalue weighted by molar-refractivity contribution is -0.135. The third-order valence-corrected chi connectivity index (χ3v) is 2.56. The molecule has 0 aliphatic carbocycles. The van der Waals surface area contributed by atoms with Crippen molar-refractivity contribution < 1.29 is 9.53 Å². The Labute approximate surface area is 97.5 Å². The Balaban J connectivity index is 0.00000196. The summed E-state index contributed by atoms with van der Waals surface area (Å²) in [6.07, 6.45) is 2.73. The van der Waals surface area contributed by atoms with Gasteiger partial charge in [-0.2, -0.15) is 0 Å². The average molecular weight is 237 g/mol. The van der Waals surface area contributed by atoms with Gasteiger partial charge in [-0.15, -0.1) is 12.4 Å². The van der Waals surface area contributed by atoms with Gasteiger partial charge in [-0.3, -0.25) is 4.79 Å². The van der Waals surface area contributed by atoms with Crippen molar-refractivity contribution in [2.45, 2.75) is 38.3 Å². The number of halogens is 1. The first kappa shape index (κ1) is 14.7. The van der Waals surface area contributed by atoms with Crippen molar-refractivity contribution >= 4 is 18.3 Å². The van der Waals surface area contributed by atoms with Gasteiger partial charge in [0.05, 0.1) is 6.10 Å². The molecule has 0 aromatic rings. The minimum Gasteiger partial charge on any atom is -0.380 e. The molecule has 1 rings (SSSR count). The quantitative estimate of drug-likeness (QED) is 0.788. The molecule has 0 radical (unpaired) electrons. The van der Waals surface area contributed by atoms with Crippen LogP contribution in [-0.2, 0) is 9.53 Å². The molecule has 2 N–H and O–H groups in total. The maximum atomic E-state index is 11.7. The Morgan fingerprint density at radius 1 is 1.67 bits per heavy atom. The summed E-state index contributed by atoms with van der Waals surface area (Å²) in [5, 5.41) is 0. The van der Waals surface area contributed by atoms with E-state index in [1.165, 1.54) is 0 Å². The fraction of sp³-hybridized carbons (Fsp3) is 0.900. The molecule has 0 aromatic heterocycles. The first-order valence-electron chi connectivity index (χ1n) is 5.19. The normalized spacial score (nSPS) is 23.1. The number of methoxy groups -OCH3 is 1. The molecule has 1 fully saturated rings. The van der Waals surface area contributed by atoms with Crippen LogP contribution in [0, 0.1) is 0 Å². The van der Waals surface area contributed by atoms with E-state index in [-0.39, 0.29) is 30.5 Å². The first-order chi connectivity index (χ1) is 6.63. The van der Waals surface area contributed by atoms with Gasteiger partial charge in [0.25, 0.3) is 0 Å².